The number of hydrogen-bond acceptors (Lipinski definition) is 0. The van der Waals surface area contributed by atoms with Crippen molar-refractivity contribution in [3.8, 4) is 71.0 Å². The zero-order valence-electron chi connectivity index (χ0n) is 47.3. The highest BCUT2D eigenvalue weighted by Crippen LogP contribution is 2.23. The van der Waals surface area contributed by atoms with Gasteiger partial charge in [0.1, 0.15) is 0 Å². The molecule has 402 valence electrons. The standard InChI is InChI=1S/C78H76Br2/c1-3-5-7-9-11-13-15-17-19-21-23-73-61-76(56-50-70-45-39-68(40-46-70)36-30-64-27-33-66(34-28-64)42-48-72-53-59-78(80)60-54-72)74(24-22-20-18-16-14-12-10-8-6-4-2)62-75(73)55-49-69-43-37-67(38-44-69)35-29-63-25-31-65(32-26-63)41-47-71-51-57-77(79)58-52-71/h25-28,31-34,37-40,43-46,51-54,57-62H,3-24H2,1-2H3. The molecule has 0 aliphatic rings. The Labute approximate surface area is 499 Å². The van der Waals surface area contributed by atoms with Crippen molar-refractivity contribution in [1.82, 2.24) is 0 Å². The summed E-state index contributed by atoms with van der Waals surface area (Å²) in [5.41, 5.74) is 14.6. The van der Waals surface area contributed by atoms with E-state index in [1.165, 1.54) is 127 Å². The molecule has 0 fully saturated rings. The minimum Gasteiger partial charge on any atom is -0.0654 e. The normalized spacial score (nSPS) is 10.2. The average Bonchev–Trinajstić information content (AvgIpc) is 3.50. The molecule has 0 atom stereocenters. The second-order valence-electron chi connectivity index (χ2n) is 20.9. The van der Waals surface area contributed by atoms with Gasteiger partial charge in [0.2, 0.25) is 0 Å². The molecule has 0 radical (unpaired) electrons. The van der Waals surface area contributed by atoms with E-state index < -0.39 is 0 Å². The number of rotatable bonds is 22. The van der Waals surface area contributed by atoms with Crippen LogP contribution < -0.4 is 0 Å². The van der Waals surface area contributed by atoms with Crippen LogP contribution in [0.4, 0.5) is 0 Å². The van der Waals surface area contributed by atoms with Crippen molar-refractivity contribution in [3.63, 3.8) is 0 Å². The third-order valence-electron chi connectivity index (χ3n) is 14.2. The molecule has 0 unspecified atom stereocenters. The lowest BCUT2D eigenvalue weighted by Crippen LogP contribution is -1.99. The summed E-state index contributed by atoms with van der Waals surface area (Å²) in [5.74, 6) is 40.8. The summed E-state index contributed by atoms with van der Waals surface area (Å²) >= 11 is 6.98. The van der Waals surface area contributed by atoms with Crippen molar-refractivity contribution >= 4 is 31.9 Å². The molecule has 0 amide bonds. The minimum absolute atomic E-state index is 0.956. The molecule has 0 saturated carbocycles. The predicted molar refractivity (Wildman–Crippen MR) is 347 cm³/mol. The number of halogens is 2. The maximum Gasteiger partial charge on any atom is 0.0284 e. The second-order valence-corrected chi connectivity index (χ2v) is 22.7. The van der Waals surface area contributed by atoms with Crippen LogP contribution >= 0.6 is 31.9 Å². The first kappa shape index (κ1) is 60.5. The van der Waals surface area contributed by atoms with E-state index in [0.29, 0.717) is 0 Å². The molecule has 7 aromatic carbocycles. The fraction of sp³-hybridized carbons (Fsp3) is 0.308. The maximum atomic E-state index is 3.68. The first-order chi connectivity index (χ1) is 39.4. The van der Waals surface area contributed by atoms with Crippen molar-refractivity contribution in [2.75, 3.05) is 0 Å². The molecule has 80 heavy (non-hydrogen) atoms. The van der Waals surface area contributed by atoms with Gasteiger partial charge >= 0.3 is 0 Å². The van der Waals surface area contributed by atoms with Crippen LogP contribution in [0.1, 0.15) is 220 Å². The van der Waals surface area contributed by atoms with Crippen LogP contribution in [0.5, 0.6) is 0 Å². The summed E-state index contributed by atoms with van der Waals surface area (Å²) in [6.45, 7) is 4.58. The van der Waals surface area contributed by atoms with E-state index in [1.54, 1.807) is 0 Å². The third-order valence-corrected chi connectivity index (χ3v) is 15.3. The van der Waals surface area contributed by atoms with Crippen molar-refractivity contribution in [3.05, 3.63) is 245 Å². The van der Waals surface area contributed by atoms with Crippen LogP contribution in [0.25, 0.3) is 0 Å². The molecular formula is C78H76Br2. The molecule has 7 aromatic rings. The Morgan fingerprint density at radius 2 is 0.400 bits per heavy atom. The second kappa shape index (κ2) is 35.5. The summed E-state index contributed by atoms with van der Waals surface area (Å²) in [6, 6.07) is 53.8. The summed E-state index contributed by atoms with van der Waals surface area (Å²) in [6.07, 6.45) is 28.3. The lowest BCUT2D eigenvalue weighted by molar-refractivity contribution is 0.555. The van der Waals surface area contributed by atoms with Gasteiger partial charge in [0, 0.05) is 75.7 Å². The van der Waals surface area contributed by atoms with E-state index in [0.717, 1.165) is 101 Å². The van der Waals surface area contributed by atoms with E-state index in [1.807, 2.05) is 97.1 Å². The summed E-state index contributed by atoms with van der Waals surface area (Å²) in [4.78, 5) is 0. The van der Waals surface area contributed by atoms with Gasteiger partial charge in [-0.1, -0.05) is 232 Å². The first-order valence-electron chi connectivity index (χ1n) is 29.6. The number of aryl methyl sites for hydroxylation is 2. The van der Waals surface area contributed by atoms with Crippen molar-refractivity contribution in [2.45, 2.75) is 155 Å². The SMILES string of the molecule is CCCCCCCCCCCCc1cc(C#Cc2ccc(C#Cc3ccc(C#Cc4ccc(Br)cc4)cc3)cc2)c(CCCCCCCCCCCC)cc1C#Cc1ccc(C#Cc2ccc(C#Cc3ccc(Br)cc3)cc2)cc1. The monoisotopic (exact) mass is 1170 g/mol. The van der Waals surface area contributed by atoms with E-state index in [2.05, 4.69) is 177 Å². The Kier molecular flexibility index (Phi) is 26.8. The van der Waals surface area contributed by atoms with E-state index in [4.69, 9.17) is 0 Å². The van der Waals surface area contributed by atoms with Crippen LogP contribution in [0.2, 0.25) is 0 Å². The van der Waals surface area contributed by atoms with Gasteiger partial charge in [-0.3, -0.25) is 0 Å². The Bertz CT molecular complexity index is 3160. The van der Waals surface area contributed by atoms with E-state index >= 15 is 0 Å². The van der Waals surface area contributed by atoms with Gasteiger partial charge in [-0.15, -0.1) is 0 Å². The molecule has 0 N–H and O–H groups in total. The molecular weight excluding hydrogens is 1100 g/mol. The van der Waals surface area contributed by atoms with Crippen LogP contribution in [0, 0.1) is 71.0 Å². The first-order valence-corrected chi connectivity index (χ1v) is 31.2. The molecule has 0 spiro atoms. The highest BCUT2D eigenvalue weighted by molar-refractivity contribution is 9.10. The van der Waals surface area contributed by atoms with Crippen LogP contribution in [-0.4, -0.2) is 0 Å². The fourth-order valence-corrected chi connectivity index (χ4v) is 9.94. The number of unbranched alkanes of at least 4 members (excludes halogenated alkanes) is 18. The largest absolute Gasteiger partial charge is 0.0654 e. The van der Waals surface area contributed by atoms with E-state index in [-0.39, 0.29) is 0 Å². The van der Waals surface area contributed by atoms with Gasteiger partial charge in [-0.2, -0.15) is 0 Å². The molecule has 0 aliphatic heterocycles. The molecule has 0 aliphatic carbocycles. The van der Waals surface area contributed by atoms with Gasteiger partial charge in [0.15, 0.2) is 0 Å². The summed E-state index contributed by atoms with van der Waals surface area (Å²) < 4.78 is 2.10. The zero-order valence-corrected chi connectivity index (χ0v) is 50.5. The molecule has 0 aromatic heterocycles. The summed E-state index contributed by atoms with van der Waals surface area (Å²) in [5, 5.41) is 0. The molecule has 0 bridgehead atoms. The predicted octanol–water partition coefficient (Wildman–Crippen LogP) is 20.5. The number of hydrogen-bond donors (Lipinski definition) is 0. The highest BCUT2D eigenvalue weighted by atomic mass is 79.9. The molecule has 0 heterocycles. The average molecular weight is 1170 g/mol. The quantitative estimate of drug-likeness (QED) is 0.0469. The molecule has 2 heteroatoms. The van der Waals surface area contributed by atoms with Crippen LogP contribution in [0.3, 0.4) is 0 Å². The Balaban J connectivity index is 1.07. The zero-order chi connectivity index (χ0) is 55.7. The Morgan fingerprint density at radius 1 is 0.225 bits per heavy atom. The van der Waals surface area contributed by atoms with Gasteiger partial charge in [0.05, 0.1) is 0 Å². The maximum absolute atomic E-state index is 3.68. The summed E-state index contributed by atoms with van der Waals surface area (Å²) in [7, 11) is 0. The van der Waals surface area contributed by atoms with Crippen molar-refractivity contribution in [2.24, 2.45) is 0 Å². The smallest absolute Gasteiger partial charge is 0.0284 e. The van der Waals surface area contributed by atoms with Crippen LogP contribution in [-0.2, 0) is 12.8 Å². The number of benzene rings is 7. The minimum atomic E-state index is 0.956. The third kappa shape index (κ3) is 22.9. The molecule has 0 saturated heterocycles. The van der Waals surface area contributed by atoms with Gasteiger partial charge in [-0.25, -0.2) is 0 Å². The van der Waals surface area contributed by atoms with Crippen molar-refractivity contribution in [1.29, 1.82) is 0 Å². The van der Waals surface area contributed by atoms with Gasteiger partial charge in [-0.05, 0) is 195 Å². The molecule has 7 rings (SSSR count). The van der Waals surface area contributed by atoms with Gasteiger partial charge < -0.3 is 0 Å². The Hall–Kier alpha value is -7.14. The molecule has 0 nitrogen and oxygen atoms in total. The Morgan fingerprint density at radius 3 is 0.613 bits per heavy atom. The van der Waals surface area contributed by atoms with Crippen molar-refractivity contribution < 1.29 is 0 Å². The highest BCUT2D eigenvalue weighted by Gasteiger charge is 2.10. The topological polar surface area (TPSA) is 0 Å². The fourth-order valence-electron chi connectivity index (χ4n) is 9.41. The van der Waals surface area contributed by atoms with Gasteiger partial charge in [0.25, 0.3) is 0 Å². The lowest BCUT2D eigenvalue weighted by Gasteiger charge is -2.12. The van der Waals surface area contributed by atoms with E-state index in [9.17, 15) is 0 Å². The lowest BCUT2D eigenvalue weighted by atomic mass is 9.92. The van der Waals surface area contributed by atoms with Crippen LogP contribution in [0.15, 0.2) is 167 Å².